The molecule has 0 radical (unpaired) electrons. The minimum Gasteiger partial charge on any atom is -0.508 e. The Kier molecular flexibility index (Phi) is 6.39. The highest BCUT2D eigenvalue weighted by Crippen LogP contribution is 2.31. The fourth-order valence-electron chi connectivity index (χ4n) is 3.45. The van der Waals surface area contributed by atoms with Crippen LogP contribution in [0.15, 0.2) is 65.3 Å². The van der Waals surface area contributed by atoms with Crippen LogP contribution < -0.4 is 5.32 Å². The topological polar surface area (TPSA) is 85.9 Å². The van der Waals surface area contributed by atoms with E-state index < -0.39 is 0 Å². The van der Waals surface area contributed by atoms with Crippen molar-refractivity contribution in [3.8, 4) is 22.8 Å². The minimum atomic E-state index is 0.191. The Hall–Kier alpha value is -3.10. The van der Waals surface area contributed by atoms with Crippen molar-refractivity contribution in [3.63, 3.8) is 0 Å². The van der Waals surface area contributed by atoms with E-state index in [1.165, 1.54) is 0 Å². The molecule has 160 valence electrons. The predicted molar refractivity (Wildman–Crippen MR) is 125 cm³/mol. The molecule has 0 aliphatic carbocycles. The van der Waals surface area contributed by atoms with Gasteiger partial charge < -0.3 is 20.4 Å². The molecule has 8 heteroatoms. The van der Waals surface area contributed by atoms with E-state index in [0.717, 1.165) is 41.9 Å². The molecule has 2 heterocycles. The highest BCUT2D eigenvalue weighted by molar-refractivity contribution is 9.10. The van der Waals surface area contributed by atoms with Gasteiger partial charge in [-0.2, -0.15) is 9.61 Å². The lowest BCUT2D eigenvalue weighted by Crippen LogP contribution is -2.21. The van der Waals surface area contributed by atoms with Crippen LogP contribution in [0, 0.1) is 0 Å². The van der Waals surface area contributed by atoms with Gasteiger partial charge in [-0.05, 0) is 65.8 Å². The minimum absolute atomic E-state index is 0.191. The number of hydrogen-bond acceptors (Lipinski definition) is 6. The molecule has 0 bridgehead atoms. The molecule has 2 aromatic heterocycles. The van der Waals surface area contributed by atoms with Gasteiger partial charge in [0.2, 0.25) is 0 Å². The van der Waals surface area contributed by atoms with Gasteiger partial charge in [0.1, 0.15) is 17.3 Å². The lowest BCUT2D eigenvalue weighted by atomic mass is 10.1. The van der Waals surface area contributed by atoms with E-state index in [1.807, 2.05) is 30.3 Å². The molecular weight excluding hydrogens is 458 g/mol. The van der Waals surface area contributed by atoms with Crippen molar-refractivity contribution in [3.05, 3.63) is 70.8 Å². The predicted octanol–water partition coefficient (Wildman–Crippen LogP) is 4.50. The second-order valence-corrected chi connectivity index (χ2v) is 8.31. The van der Waals surface area contributed by atoms with Crippen molar-refractivity contribution >= 4 is 27.4 Å². The monoisotopic (exact) mass is 481 g/mol. The Morgan fingerprint density at radius 1 is 1.10 bits per heavy atom. The highest BCUT2D eigenvalue weighted by Gasteiger charge is 2.13. The van der Waals surface area contributed by atoms with Crippen molar-refractivity contribution in [1.82, 2.24) is 19.5 Å². The van der Waals surface area contributed by atoms with Gasteiger partial charge in [-0.15, -0.1) is 0 Å². The van der Waals surface area contributed by atoms with Crippen LogP contribution in [0.2, 0.25) is 0 Å². The van der Waals surface area contributed by atoms with Crippen molar-refractivity contribution in [2.75, 3.05) is 25.5 Å². The lowest BCUT2D eigenvalue weighted by Gasteiger charge is -2.17. The quantitative estimate of drug-likeness (QED) is 0.321. The van der Waals surface area contributed by atoms with Crippen LogP contribution in [-0.2, 0) is 6.54 Å². The molecule has 2 aromatic carbocycles. The number of benzene rings is 2. The van der Waals surface area contributed by atoms with E-state index in [9.17, 15) is 10.2 Å². The molecule has 4 aromatic rings. The summed E-state index contributed by atoms with van der Waals surface area (Å²) in [5, 5.41) is 27.5. The van der Waals surface area contributed by atoms with Gasteiger partial charge >= 0.3 is 0 Å². The van der Waals surface area contributed by atoms with E-state index in [-0.39, 0.29) is 11.5 Å². The lowest BCUT2D eigenvalue weighted by molar-refractivity contribution is 0.325. The second-order valence-electron chi connectivity index (χ2n) is 7.46. The van der Waals surface area contributed by atoms with E-state index in [4.69, 9.17) is 0 Å². The average molecular weight is 482 g/mol. The van der Waals surface area contributed by atoms with Gasteiger partial charge in [-0.3, -0.25) is 0 Å². The van der Waals surface area contributed by atoms with E-state index in [2.05, 4.69) is 43.3 Å². The molecule has 7 nitrogen and oxygen atoms in total. The van der Waals surface area contributed by atoms with Crippen LogP contribution >= 0.6 is 15.9 Å². The highest BCUT2D eigenvalue weighted by atomic mass is 79.9. The number of aromatic hydroxyl groups is 2. The molecule has 0 aliphatic rings. The Morgan fingerprint density at radius 2 is 1.87 bits per heavy atom. The van der Waals surface area contributed by atoms with Crippen LogP contribution in [0.1, 0.15) is 12.0 Å². The number of aromatic nitrogens is 3. The summed E-state index contributed by atoms with van der Waals surface area (Å²) in [5.41, 5.74) is 3.21. The van der Waals surface area contributed by atoms with Crippen LogP contribution in [0.25, 0.3) is 16.9 Å². The first-order valence-electron chi connectivity index (χ1n) is 10.0. The van der Waals surface area contributed by atoms with Crippen molar-refractivity contribution < 1.29 is 10.2 Å². The molecule has 0 saturated carbocycles. The zero-order valence-corrected chi connectivity index (χ0v) is 18.7. The fourth-order valence-corrected chi connectivity index (χ4v) is 3.80. The Balaban J connectivity index is 1.43. The maximum Gasteiger partial charge on any atom is 0.172 e. The van der Waals surface area contributed by atoms with Crippen LogP contribution in [0.5, 0.6) is 11.5 Å². The summed E-state index contributed by atoms with van der Waals surface area (Å²) in [7, 11) is 2.08. The third kappa shape index (κ3) is 4.98. The van der Waals surface area contributed by atoms with Crippen molar-refractivity contribution in [1.29, 1.82) is 0 Å². The number of nitrogens with one attached hydrogen (secondary N) is 1. The van der Waals surface area contributed by atoms with Crippen LogP contribution in [-0.4, -0.2) is 49.8 Å². The van der Waals surface area contributed by atoms with Gasteiger partial charge in [0, 0.05) is 24.7 Å². The number of nitrogens with zero attached hydrogens (tertiary/aromatic N) is 4. The average Bonchev–Trinajstić information content (AvgIpc) is 3.14. The Bertz CT molecular complexity index is 1180. The first-order chi connectivity index (χ1) is 15.0. The third-order valence-electron chi connectivity index (χ3n) is 5.02. The largest absolute Gasteiger partial charge is 0.508 e. The maximum atomic E-state index is 10.2. The molecule has 0 fully saturated rings. The van der Waals surface area contributed by atoms with E-state index in [0.29, 0.717) is 16.9 Å². The van der Waals surface area contributed by atoms with Crippen molar-refractivity contribution in [2.24, 2.45) is 0 Å². The van der Waals surface area contributed by atoms with Crippen LogP contribution in [0.4, 0.5) is 5.82 Å². The smallest absolute Gasteiger partial charge is 0.172 e. The first kappa shape index (κ1) is 21.1. The summed E-state index contributed by atoms with van der Waals surface area (Å²) in [4.78, 5) is 6.91. The van der Waals surface area contributed by atoms with E-state index >= 15 is 0 Å². The number of anilines is 1. The Morgan fingerprint density at radius 3 is 2.65 bits per heavy atom. The standard InChI is InChI=1S/C23H24BrN5O2/c1-28(15-16-7-9-17(30)10-8-16)12-4-11-25-22-13-20(18-5-2-3-6-21(18)31)27-23-19(24)14-26-29(22)23/h2-3,5-10,13-14,25,30-31H,4,11-12,15H2,1H3. The number of rotatable bonds is 8. The normalized spacial score (nSPS) is 11.3. The summed E-state index contributed by atoms with van der Waals surface area (Å²) in [5.74, 6) is 1.29. The van der Waals surface area contributed by atoms with Crippen LogP contribution in [0.3, 0.4) is 0 Å². The second kappa shape index (κ2) is 9.36. The summed E-state index contributed by atoms with van der Waals surface area (Å²) in [6.07, 6.45) is 2.65. The first-order valence-corrected chi connectivity index (χ1v) is 10.8. The summed E-state index contributed by atoms with van der Waals surface area (Å²) in [6, 6.07) is 16.4. The van der Waals surface area contributed by atoms with Gasteiger partial charge in [-0.1, -0.05) is 24.3 Å². The summed E-state index contributed by atoms with van der Waals surface area (Å²) >= 11 is 3.50. The number of halogens is 1. The summed E-state index contributed by atoms with van der Waals surface area (Å²) in [6.45, 7) is 2.50. The molecular formula is C23H24BrN5O2. The van der Waals surface area contributed by atoms with Crippen molar-refractivity contribution in [2.45, 2.75) is 13.0 Å². The molecule has 0 atom stereocenters. The SMILES string of the molecule is CN(CCCNc1cc(-c2ccccc2O)nc2c(Br)cnn12)Cc1ccc(O)cc1. The zero-order chi connectivity index (χ0) is 21.8. The molecule has 0 saturated heterocycles. The molecule has 31 heavy (non-hydrogen) atoms. The number of fused-ring (bicyclic) bond motifs is 1. The zero-order valence-electron chi connectivity index (χ0n) is 17.2. The number of para-hydroxylation sites is 1. The molecule has 0 amide bonds. The molecule has 0 aliphatic heterocycles. The van der Waals surface area contributed by atoms with Gasteiger partial charge in [0.25, 0.3) is 0 Å². The number of phenols is 2. The molecule has 0 unspecified atom stereocenters. The third-order valence-corrected chi connectivity index (χ3v) is 5.58. The van der Waals surface area contributed by atoms with Gasteiger partial charge in [0.15, 0.2) is 5.65 Å². The van der Waals surface area contributed by atoms with Gasteiger partial charge in [-0.25, -0.2) is 4.98 Å². The van der Waals surface area contributed by atoms with E-state index in [1.54, 1.807) is 35.0 Å². The number of hydrogen-bond donors (Lipinski definition) is 3. The summed E-state index contributed by atoms with van der Waals surface area (Å²) < 4.78 is 2.55. The molecule has 3 N–H and O–H groups in total. The number of phenolic OH excluding ortho intramolecular Hbond substituents is 2. The molecule has 4 rings (SSSR count). The Labute approximate surface area is 189 Å². The fraction of sp³-hybridized carbons (Fsp3) is 0.217. The maximum absolute atomic E-state index is 10.2. The molecule has 0 spiro atoms. The van der Waals surface area contributed by atoms with Gasteiger partial charge in [0.05, 0.1) is 16.4 Å².